The minimum atomic E-state index is -0.0974. The summed E-state index contributed by atoms with van der Waals surface area (Å²) in [6.45, 7) is 2.06. The highest BCUT2D eigenvalue weighted by atomic mass is 35.5. The van der Waals surface area contributed by atoms with Gasteiger partial charge in [-0.25, -0.2) is 4.98 Å². The zero-order chi connectivity index (χ0) is 13.8. The largest absolute Gasteiger partial charge is 0.396 e. The van der Waals surface area contributed by atoms with Crippen molar-refractivity contribution in [2.45, 2.75) is 38.6 Å². The summed E-state index contributed by atoms with van der Waals surface area (Å²) in [6, 6.07) is 3.52. The first-order chi connectivity index (χ1) is 9.08. The van der Waals surface area contributed by atoms with Gasteiger partial charge in [0, 0.05) is 23.9 Å². The van der Waals surface area contributed by atoms with Crippen LogP contribution in [0.3, 0.4) is 0 Å². The quantitative estimate of drug-likeness (QED) is 0.837. The number of nitrogens with zero attached hydrogens (tertiary/aromatic N) is 1. The Labute approximate surface area is 118 Å². The molecule has 0 radical (unpaired) electrons. The molecule has 4 nitrogen and oxygen atoms in total. The van der Waals surface area contributed by atoms with Crippen molar-refractivity contribution in [2.75, 3.05) is 6.61 Å². The molecule has 0 aromatic carbocycles. The van der Waals surface area contributed by atoms with Crippen LogP contribution in [0.1, 0.15) is 41.7 Å². The van der Waals surface area contributed by atoms with Crippen LogP contribution in [0.15, 0.2) is 12.1 Å². The molecule has 1 aromatic rings. The molecule has 0 aliphatic heterocycles. The lowest BCUT2D eigenvalue weighted by atomic mass is 9.86. The summed E-state index contributed by atoms with van der Waals surface area (Å²) in [5.41, 5.74) is 1.29. The van der Waals surface area contributed by atoms with Crippen molar-refractivity contribution in [2.24, 2.45) is 5.92 Å². The highest BCUT2D eigenvalue weighted by molar-refractivity contribution is 6.29. The third-order valence-electron chi connectivity index (χ3n) is 3.62. The number of rotatable bonds is 3. The third kappa shape index (κ3) is 3.91. The molecule has 1 heterocycles. The van der Waals surface area contributed by atoms with E-state index in [2.05, 4.69) is 10.3 Å². The Bertz CT molecular complexity index is 437. The standard InChI is InChI=1S/C14H19ClN2O2/c1-9-6-11(7-13(15)16-9)14(19)17-12-4-2-10(8-18)3-5-12/h6-7,10,12,18H,2-5,8H2,1H3,(H,17,19). The molecular formula is C14H19ClN2O2. The second kappa shape index (κ2) is 6.35. The number of pyridine rings is 1. The van der Waals surface area contributed by atoms with Gasteiger partial charge in [-0.1, -0.05) is 11.6 Å². The number of halogens is 1. The fraction of sp³-hybridized carbons (Fsp3) is 0.571. The molecular weight excluding hydrogens is 264 g/mol. The molecule has 1 aliphatic rings. The van der Waals surface area contributed by atoms with Gasteiger partial charge in [0.2, 0.25) is 0 Å². The Morgan fingerprint density at radius 2 is 2.11 bits per heavy atom. The van der Waals surface area contributed by atoms with E-state index < -0.39 is 0 Å². The van der Waals surface area contributed by atoms with Gasteiger partial charge < -0.3 is 10.4 Å². The summed E-state index contributed by atoms with van der Waals surface area (Å²) in [4.78, 5) is 16.2. The van der Waals surface area contributed by atoms with E-state index in [-0.39, 0.29) is 18.6 Å². The van der Waals surface area contributed by atoms with Crippen LogP contribution >= 0.6 is 11.6 Å². The van der Waals surface area contributed by atoms with Gasteiger partial charge in [0.05, 0.1) is 0 Å². The number of aromatic nitrogens is 1. The van der Waals surface area contributed by atoms with Crippen molar-refractivity contribution >= 4 is 17.5 Å². The number of nitrogens with one attached hydrogen (secondary N) is 1. The maximum absolute atomic E-state index is 12.1. The Morgan fingerprint density at radius 3 is 2.68 bits per heavy atom. The molecule has 1 saturated carbocycles. The lowest BCUT2D eigenvalue weighted by molar-refractivity contribution is 0.0913. The second-order valence-electron chi connectivity index (χ2n) is 5.19. The van der Waals surface area contributed by atoms with Crippen molar-refractivity contribution in [3.63, 3.8) is 0 Å². The molecule has 1 aromatic heterocycles. The van der Waals surface area contributed by atoms with E-state index >= 15 is 0 Å². The van der Waals surface area contributed by atoms with Gasteiger partial charge in [-0.05, 0) is 50.7 Å². The maximum atomic E-state index is 12.1. The molecule has 2 N–H and O–H groups in total. The number of carbonyl (C=O) groups is 1. The third-order valence-corrected chi connectivity index (χ3v) is 3.82. The van der Waals surface area contributed by atoms with Crippen LogP contribution in [0.5, 0.6) is 0 Å². The van der Waals surface area contributed by atoms with E-state index in [4.69, 9.17) is 16.7 Å². The number of hydrogen-bond donors (Lipinski definition) is 2. The Kier molecular flexibility index (Phi) is 4.77. The Hall–Kier alpha value is -1.13. The average Bonchev–Trinajstić information content (AvgIpc) is 2.38. The van der Waals surface area contributed by atoms with Crippen LogP contribution in [-0.4, -0.2) is 28.6 Å². The van der Waals surface area contributed by atoms with Crippen LogP contribution < -0.4 is 5.32 Å². The minimum Gasteiger partial charge on any atom is -0.396 e. The molecule has 1 amide bonds. The molecule has 5 heteroatoms. The van der Waals surface area contributed by atoms with Crippen LogP contribution in [0.4, 0.5) is 0 Å². The van der Waals surface area contributed by atoms with Gasteiger partial charge >= 0.3 is 0 Å². The van der Waals surface area contributed by atoms with Crippen molar-refractivity contribution in [1.29, 1.82) is 0 Å². The summed E-state index contributed by atoms with van der Waals surface area (Å²) in [6.07, 6.45) is 3.79. The maximum Gasteiger partial charge on any atom is 0.251 e. The highest BCUT2D eigenvalue weighted by Gasteiger charge is 2.22. The van der Waals surface area contributed by atoms with Gasteiger partial charge in [0.25, 0.3) is 5.91 Å². The van der Waals surface area contributed by atoms with Gasteiger partial charge in [-0.3, -0.25) is 4.79 Å². The first-order valence-corrected chi connectivity index (χ1v) is 7.02. The van der Waals surface area contributed by atoms with Crippen molar-refractivity contribution < 1.29 is 9.90 Å². The van der Waals surface area contributed by atoms with Crippen LogP contribution in [0.2, 0.25) is 5.15 Å². The van der Waals surface area contributed by atoms with Crippen LogP contribution in [-0.2, 0) is 0 Å². The summed E-state index contributed by atoms with van der Waals surface area (Å²) in [7, 11) is 0. The predicted octanol–water partition coefficient (Wildman–Crippen LogP) is 2.32. The molecule has 1 fully saturated rings. The van der Waals surface area contributed by atoms with E-state index in [1.165, 1.54) is 0 Å². The first-order valence-electron chi connectivity index (χ1n) is 6.64. The second-order valence-corrected chi connectivity index (χ2v) is 5.58. The van der Waals surface area contributed by atoms with Crippen molar-refractivity contribution in [1.82, 2.24) is 10.3 Å². The van der Waals surface area contributed by atoms with E-state index in [1.54, 1.807) is 12.1 Å². The lowest BCUT2D eigenvalue weighted by Gasteiger charge is -2.28. The zero-order valence-electron chi connectivity index (χ0n) is 11.0. The molecule has 0 atom stereocenters. The topological polar surface area (TPSA) is 62.2 Å². The summed E-state index contributed by atoms with van der Waals surface area (Å²) in [5, 5.41) is 12.5. The van der Waals surface area contributed by atoms with Gasteiger partial charge in [-0.15, -0.1) is 0 Å². The number of aliphatic hydroxyl groups excluding tert-OH is 1. The molecule has 0 unspecified atom stereocenters. The van der Waals surface area contributed by atoms with Gasteiger partial charge in [0.1, 0.15) is 5.15 Å². The molecule has 1 aliphatic carbocycles. The Balaban J connectivity index is 1.94. The van der Waals surface area contributed by atoms with E-state index in [0.29, 0.717) is 16.6 Å². The number of amides is 1. The predicted molar refractivity (Wildman–Crippen MR) is 74.3 cm³/mol. The molecule has 19 heavy (non-hydrogen) atoms. The number of aryl methyl sites for hydroxylation is 1. The zero-order valence-corrected chi connectivity index (χ0v) is 11.8. The summed E-state index contributed by atoms with van der Waals surface area (Å²) < 4.78 is 0. The minimum absolute atomic E-state index is 0.0974. The van der Waals surface area contributed by atoms with Crippen LogP contribution in [0, 0.1) is 12.8 Å². The molecule has 2 rings (SSSR count). The summed E-state index contributed by atoms with van der Waals surface area (Å²) in [5.74, 6) is 0.297. The average molecular weight is 283 g/mol. The SMILES string of the molecule is Cc1cc(C(=O)NC2CCC(CO)CC2)cc(Cl)n1. The Morgan fingerprint density at radius 1 is 1.42 bits per heavy atom. The smallest absolute Gasteiger partial charge is 0.251 e. The number of hydrogen-bond acceptors (Lipinski definition) is 3. The monoisotopic (exact) mass is 282 g/mol. The number of carbonyl (C=O) groups excluding carboxylic acids is 1. The normalized spacial score (nSPS) is 23.1. The van der Waals surface area contributed by atoms with Gasteiger partial charge in [-0.2, -0.15) is 0 Å². The van der Waals surface area contributed by atoms with E-state index in [9.17, 15) is 4.79 Å². The summed E-state index contributed by atoms with van der Waals surface area (Å²) >= 11 is 5.86. The lowest BCUT2D eigenvalue weighted by Crippen LogP contribution is -2.38. The highest BCUT2D eigenvalue weighted by Crippen LogP contribution is 2.24. The fourth-order valence-corrected chi connectivity index (χ4v) is 2.77. The molecule has 0 bridgehead atoms. The van der Waals surface area contributed by atoms with Gasteiger partial charge in [0.15, 0.2) is 0 Å². The molecule has 104 valence electrons. The first kappa shape index (κ1) is 14.3. The van der Waals surface area contributed by atoms with Crippen molar-refractivity contribution in [3.05, 3.63) is 28.5 Å². The van der Waals surface area contributed by atoms with Crippen LogP contribution in [0.25, 0.3) is 0 Å². The molecule has 0 spiro atoms. The van der Waals surface area contributed by atoms with E-state index in [0.717, 1.165) is 31.4 Å². The van der Waals surface area contributed by atoms with Crippen molar-refractivity contribution in [3.8, 4) is 0 Å². The number of aliphatic hydroxyl groups is 1. The molecule has 0 saturated heterocycles. The fourth-order valence-electron chi connectivity index (χ4n) is 2.52. The van der Waals surface area contributed by atoms with E-state index in [1.807, 2.05) is 6.92 Å².